The third-order valence-corrected chi connectivity index (χ3v) is 5.33. The summed E-state index contributed by atoms with van der Waals surface area (Å²) in [6.07, 6.45) is 5.11. The molecule has 2 N–H and O–H groups in total. The molecule has 0 unspecified atom stereocenters. The summed E-state index contributed by atoms with van der Waals surface area (Å²) in [4.78, 5) is 18.9. The first-order chi connectivity index (χ1) is 9.69. The molecular formula is C14H23Cl2N3O2S. The van der Waals surface area contributed by atoms with Crippen LogP contribution in [0.3, 0.4) is 0 Å². The molecule has 5 nitrogen and oxygen atoms in total. The van der Waals surface area contributed by atoms with E-state index in [0.717, 1.165) is 25.9 Å². The fraction of sp³-hybridized carbons (Fsp3) is 0.714. The minimum absolute atomic E-state index is 0. The summed E-state index contributed by atoms with van der Waals surface area (Å²) in [6, 6.07) is 0. The van der Waals surface area contributed by atoms with Crippen LogP contribution in [0.1, 0.15) is 36.6 Å². The maximum Gasteiger partial charge on any atom is 0.242 e. The second-order valence-corrected chi connectivity index (χ2v) is 6.63. The first-order valence-electron chi connectivity index (χ1n) is 7.24. The molecule has 0 aliphatic carbocycles. The van der Waals surface area contributed by atoms with Gasteiger partial charge in [-0.25, -0.2) is 4.98 Å². The number of piperidine rings is 1. The maximum absolute atomic E-state index is 12.6. The van der Waals surface area contributed by atoms with Crippen molar-refractivity contribution in [3.63, 3.8) is 0 Å². The fourth-order valence-corrected chi connectivity index (χ4v) is 3.84. The van der Waals surface area contributed by atoms with Crippen molar-refractivity contribution in [3.8, 4) is 0 Å². The number of ether oxygens (including phenoxy) is 1. The van der Waals surface area contributed by atoms with Crippen LogP contribution < -0.4 is 5.73 Å². The Bertz CT molecular complexity index is 459. The van der Waals surface area contributed by atoms with Crippen molar-refractivity contribution in [3.05, 3.63) is 16.6 Å². The molecule has 1 amide bonds. The summed E-state index contributed by atoms with van der Waals surface area (Å²) in [5.41, 5.74) is 5.58. The van der Waals surface area contributed by atoms with E-state index in [9.17, 15) is 4.79 Å². The van der Waals surface area contributed by atoms with E-state index in [1.165, 1.54) is 5.01 Å². The highest BCUT2D eigenvalue weighted by molar-refractivity contribution is 7.09. The van der Waals surface area contributed by atoms with Gasteiger partial charge in [-0.3, -0.25) is 4.79 Å². The molecule has 0 bridgehead atoms. The predicted molar refractivity (Wildman–Crippen MR) is 92.1 cm³/mol. The van der Waals surface area contributed by atoms with Crippen LogP contribution >= 0.6 is 36.2 Å². The average Bonchev–Trinajstić information content (AvgIpc) is 3.02. The van der Waals surface area contributed by atoms with Crippen molar-refractivity contribution < 1.29 is 9.53 Å². The number of aromatic nitrogens is 1. The number of nitrogens with zero attached hydrogens (tertiary/aromatic N) is 2. The molecule has 2 aliphatic rings. The SMILES string of the molecule is Cl.Cl.NC1(C(=O)N2CCC(c3nccs3)CC2)CCOCC1. The lowest BCUT2D eigenvalue weighted by Gasteiger charge is -2.39. The molecule has 1 aromatic heterocycles. The number of likely N-dealkylation sites (tertiary alicyclic amines) is 1. The van der Waals surface area contributed by atoms with Crippen LogP contribution in [0, 0.1) is 0 Å². The summed E-state index contributed by atoms with van der Waals surface area (Å²) in [5.74, 6) is 0.612. The Morgan fingerprint density at radius 1 is 1.32 bits per heavy atom. The van der Waals surface area contributed by atoms with E-state index >= 15 is 0 Å². The molecule has 3 heterocycles. The van der Waals surface area contributed by atoms with Crippen molar-refractivity contribution in [2.24, 2.45) is 5.73 Å². The Balaban J connectivity index is 0.00000121. The zero-order valence-electron chi connectivity index (χ0n) is 12.4. The molecule has 2 aliphatic heterocycles. The maximum atomic E-state index is 12.6. The van der Waals surface area contributed by atoms with Crippen molar-refractivity contribution in [2.75, 3.05) is 26.3 Å². The van der Waals surface area contributed by atoms with Gasteiger partial charge in [-0.2, -0.15) is 0 Å². The van der Waals surface area contributed by atoms with Crippen LogP contribution in [0.5, 0.6) is 0 Å². The van der Waals surface area contributed by atoms with Crippen molar-refractivity contribution in [2.45, 2.75) is 37.1 Å². The number of rotatable bonds is 2. The highest BCUT2D eigenvalue weighted by Gasteiger charge is 2.40. The summed E-state index contributed by atoms with van der Waals surface area (Å²) < 4.78 is 5.31. The van der Waals surface area contributed by atoms with Gasteiger partial charge in [0.1, 0.15) is 0 Å². The highest BCUT2D eigenvalue weighted by atomic mass is 35.5. The van der Waals surface area contributed by atoms with Gasteiger partial charge in [-0.15, -0.1) is 36.2 Å². The molecule has 0 radical (unpaired) electrons. The van der Waals surface area contributed by atoms with Crippen LogP contribution in [0.15, 0.2) is 11.6 Å². The number of carbonyl (C=O) groups is 1. The smallest absolute Gasteiger partial charge is 0.242 e. The largest absolute Gasteiger partial charge is 0.381 e. The van der Waals surface area contributed by atoms with Gasteiger partial charge < -0.3 is 15.4 Å². The Labute approximate surface area is 147 Å². The van der Waals surface area contributed by atoms with Gasteiger partial charge in [0, 0.05) is 43.8 Å². The van der Waals surface area contributed by atoms with Gasteiger partial charge in [-0.1, -0.05) is 0 Å². The highest BCUT2D eigenvalue weighted by Crippen LogP contribution is 2.31. The quantitative estimate of drug-likeness (QED) is 0.869. The molecule has 1 aromatic rings. The van der Waals surface area contributed by atoms with Gasteiger partial charge in [0.05, 0.1) is 10.5 Å². The molecule has 2 saturated heterocycles. The second kappa shape index (κ2) is 8.45. The molecular weight excluding hydrogens is 345 g/mol. The van der Waals surface area contributed by atoms with E-state index in [1.54, 1.807) is 11.3 Å². The van der Waals surface area contributed by atoms with Crippen LogP contribution in [0.2, 0.25) is 0 Å². The third-order valence-electron chi connectivity index (χ3n) is 4.39. The fourth-order valence-electron chi connectivity index (χ4n) is 3.03. The lowest BCUT2D eigenvalue weighted by molar-refractivity contribution is -0.141. The molecule has 22 heavy (non-hydrogen) atoms. The van der Waals surface area contributed by atoms with E-state index in [1.807, 2.05) is 16.5 Å². The topological polar surface area (TPSA) is 68.5 Å². The van der Waals surface area contributed by atoms with Gasteiger partial charge in [0.2, 0.25) is 5.91 Å². The van der Waals surface area contributed by atoms with E-state index in [-0.39, 0.29) is 30.7 Å². The molecule has 0 atom stereocenters. The number of thiazole rings is 1. The van der Waals surface area contributed by atoms with E-state index in [4.69, 9.17) is 10.5 Å². The minimum atomic E-state index is -0.702. The van der Waals surface area contributed by atoms with Crippen molar-refractivity contribution in [1.82, 2.24) is 9.88 Å². The molecule has 3 rings (SSSR count). The standard InChI is InChI=1S/C14H21N3O2S.2ClH/c15-14(3-8-19-9-4-14)13(18)17-6-1-11(2-7-17)12-16-5-10-20-12;;/h5,10-11H,1-4,6-9,15H2;2*1H. The molecule has 126 valence electrons. The number of carbonyl (C=O) groups excluding carboxylic acids is 1. The van der Waals surface area contributed by atoms with Gasteiger partial charge >= 0.3 is 0 Å². The normalized spacial score (nSPS) is 21.6. The molecule has 0 aromatic carbocycles. The van der Waals surface area contributed by atoms with Crippen LogP contribution in [0.25, 0.3) is 0 Å². The van der Waals surface area contributed by atoms with Gasteiger partial charge in [0.15, 0.2) is 0 Å². The monoisotopic (exact) mass is 367 g/mol. The minimum Gasteiger partial charge on any atom is -0.381 e. The zero-order valence-corrected chi connectivity index (χ0v) is 14.9. The van der Waals surface area contributed by atoms with E-state index in [0.29, 0.717) is 32.0 Å². The Morgan fingerprint density at radius 3 is 2.50 bits per heavy atom. The molecule has 2 fully saturated rings. The Morgan fingerprint density at radius 2 is 1.95 bits per heavy atom. The molecule has 0 saturated carbocycles. The zero-order chi connectivity index (χ0) is 14.0. The summed E-state index contributed by atoms with van der Waals surface area (Å²) >= 11 is 1.71. The third kappa shape index (κ3) is 4.11. The summed E-state index contributed by atoms with van der Waals surface area (Å²) in [7, 11) is 0. The van der Waals surface area contributed by atoms with Crippen LogP contribution in [-0.2, 0) is 9.53 Å². The summed E-state index contributed by atoms with van der Waals surface area (Å²) in [6.45, 7) is 2.78. The number of hydrogen-bond acceptors (Lipinski definition) is 5. The number of nitrogens with two attached hydrogens (primary N) is 1. The van der Waals surface area contributed by atoms with Gasteiger partial charge in [0.25, 0.3) is 0 Å². The molecule has 8 heteroatoms. The Hall–Kier alpha value is -0.400. The second-order valence-electron chi connectivity index (χ2n) is 5.71. The number of hydrogen-bond donors (Lipinski definition) is 1. The summed E-state index contributed by atoms with van der Waals surface area (Å²) in [5, 5.41) is 3.22. The first-order valence-corrected chi connectivity index (χ1v) is 8.12. The van der Waals surface area contributed by atoms with Crippen molar-refractivity contribution >= 4 is 42.1 Å². The number of halogens is 2. The van der Waals surface area contributed by atoms with Gasteiger partial charge in [-0.05, 0) is 25.7 Å². The lowest BCUT2D eigenvalue weighted by Crippen LogP contribution is -2.59. The van der Waals surface area contributed by atoms with Crippen molar-refractivity contribution in [1.29, 1.82) is 0 Å². The molecule has 0 spiro atoms. The van der Waals surface area contributed by atoms with Crippen LogP contribution in [0.4, 0.5) is 0 Å². The van der Waals surface area contributed by atoms with E-state index in [2.05, 4.69) is 4.98 Å². The number of amides is 1. The lowest BCUT2D eigenvalue weighted by atomic mass is 9.88. The van der Waals surface area contributed by atoms with Crippen LogP contribution in [-0.4, -0.2) is 47.6 Å². The van der Waals surface area contributed by atoms with E-state index < -0.39 is 5.54 Å². The first kappa shape index (κ1) is 19.6. The Kier molecular flexibility index (Phi) is 7.55. The average molecular weight is 368 g/mol. The predicted octanol–water partition coefficient (Wildman–Crippen LogP) is 2.20.